The van der Waals surface area contributed by atoms with E-state index in [1.54, 1.807) is 0 Å². The van der Waals surface area contributed by atoms with E-state index in [4.69, 9.17) is 12.2 Å². The molecule has 1 aromatic carbocycles. The van der Waals surface area contributed by atoms with Crippen molar-refractivity contribution in [2.45, 2.75) is 0 Å². The van der Waals surface area contributed by atoms with Gasteiger partial charge in [-0.25, -0.2) is 0 Å². The summed E-state index contributed by atoms with van der Waals surface area (Å²) in [7, 11) is 0. The molecule has 0 aromatic heterocycles. The van der Waals surface area contributed by atoms with Gasteiger partial charge < -0.3 is 10.4 Å². The first-order chi connectivity index (χ1) is 8.47. The lowest BCUT2D eigenvalue weighted by atomic mass is 10.1. The number of hydrogen-bond donors (Lipinski definition) is 2. The molecule has 0 atom stereocenters. The van der Waals surface area contributed by atoms with Gasteiger partial charge in [-0.1, -0.05) is 6.07 Å². The number of carbonyl (C=O) groups is 1. The summed E-state index contributed by atoms with van der Waals surface area (Å²) in [4.78, 5) is 21.3. The molecule has 0 aliphatic carbocycles. The summed E-state index contributed by atoms with van der Waals surface area (Å²) in [5, 5.41) is 27.1. The maximum absolute atomic E-state index is 11.5. The summed E-state index contributed by atoms with van der Waals surface area (Å²) < 4.78 is 0. The van der Waals surface area contributed by atoms with Gasteiger partial charge in [0.1, 0.15) is 5.70 Å². The zero-order valence-electron chi connectivity index (χ0n) is 8.80. The Balaban J connectivity index is 2.42. The molecule has 1 aromatic rings. The molecule has 1 fully saturated rings. The van der Waals surface area contributed by atoms with Crippen molar-refractivity contribution < 1.29 is 14.8 Å². The molecule has 0 unspecified atom stereocenters. The van der Waals surface area contributed by atoms with Gasteiger partial charge in [-0.05, 0) is 23.9 Å². The van der Waals surface area contributed by atoms with Gasteiger partial charge in [-0.15, -0.1) is 5.75 Å². The van der Waals surface area contributed by atoms with E-state index in [0.29, 0.717) is 0 Å². The topological polar surface area (TPSA) is 107 Å². The third kappa shape index (κ3) is 2.28. The van der Waals surface area contributed by atoms with E-state index in [2.05, 4.69) is 10.6 Å². The average Bonchev–Trinajstić information content (AvgIpc) is 2.60. The first kappa shape index (κ1) is 12.0. The maximum Gasteiger partial charge on any atom is 0.273 e. The number of nitro benzene ring substituents is 1. The Bertz CT molecular complexity index is 597. The van der Waals surface area contributed by atoms with Crippen LogP contribution in [0.25, 0.3) is 6.08 Å². The van der Waals surface area contributed by atoms with E-state index in [9.17, 15) is 20.0 Å². The summed E-state index contributed by atoms with van der Waals surface area (Å²) in [6.45, 7) is 0. The molecule has 0 spiro atoms. The van der Waals surface area contributed by atoms with Crippen LogP contribution < -0.4 is 15.7 Å². The van der Waals surface area contributed by atoms with Gasteiger partial charge in [-0.3, -0.25) is 20.2 Å². The van der Waals surface area contributed by atoms with Crippen molar-refractivity contribution in [1.82, 2.24) is 10.6 Å². The minimum Gasteiger partial charge on any atom is -0.872 e. The van der Waals surface area contributed by atoms with Crippen LogP contribution in [-0.2, 0) is 4.79 Å². The fourth-order valence-corrected chi connectivity index (χ4v) is 1.60. The van der Waals surface area contributed by atoms with E-state index in [-0.39, 0.29) is 22.1 Å². The van der Waals surface area contributed by atoms with Crippen LogP contribution in [0.2, 0.25) is 0 Å². The van der Waals surface area contributed by atoms with Crippen molar-refractivity contribution in [2.75, 3.05) is 0 Å². The molecule has 1 heterocycles. The number of rotatable bonds is 2. The van der Waals surface area contributed by atoms with Gasteiger partial charge in [-0.2, -0.15) is 0 Å². The lowest BCUT2D eigenvalue weighted by molar-refractivity contribution is -0.385. The van der Waals surface area contributed by atoms with E-state index in [1.165, 1.54) is 6.08 Å². The second-order valence-corrected chi connectivity index (χ2v) is 3.85. The second kappa shape index (κ2) is 4.41. The number of nitro groups is 1. The zero-order chi connectivity index (χ0) is 13.3. The van der Waals surface area contributed by atoms with Crippen molar-refractivity contribution in [3.05, 3.63) is 39.6 Å². The Morgan fingerprint density at radius 3 is 2.61 bits per heavy atom. The van der Waals surface area contributed by atoms with Gasteiger partial charge in [0.15, 0.2) is 5.11 Å². The summed E-state index contributed by atoms with van der Waals surface area (Å²) in [6.07, 6.45) is 1.23. The maximum atomic E-state index is 11.5. The Morgan fingerprint density at radius 2 is 2.06 bits per heavy atom. The van der Waals surface area contributed by atoms with Crippen LogP contribution in [0.1, 0.15) is 5.56 Å². The SMILES string of the molecule is O=C1NC(=S)N/C1=C/c1cc([N+](=O)[O-])ccc1[O-]. The Kier molecular flexibility index (Phi) is 2.94. The average molecular weight is 264 g/mol. The van der Waals surface area contributed by atoms with Crippen LogP contribution >= 0.6 is 12.2 Å². The highest BCUT2D eigenvalue weighted by Crippen LogP contribution is 2.23. The van der Waals surface area contributed by atoms with E-state index >= 15 is 0 Å². The van der Waals surface area contributed by atoms with Crippen molar-refractivity contribution in [2.24, 2.45) is 0 Å². The van der Waals surface area contributed by atoms with E-state index in [0.717, 1.165) is 18.2 Å². The van der Waals surface area contributed by atoms with Gasteiger partial charge >= 0.3 is 0 Å². The third-order valence-corrected chi connectivity index (χ3v) is 2.43. The van der Waals surface area contributed by atoms with E-state index < -0.39 is 16.6 Å². The van der Waals surface area contributed by atoms with Crippen LogP contribution in [0, 0.1) is 10.1 Å². The highest BCUT2D eigenvalue weighted by Gasteiger charge is 2.20. The Hall–Kier alpha value is -2.48. The predicted octanol–water partition coefficient (Wildman–Crippen LogP) is 0.0136. The number of nitrogens with one attached hydrogen (secondary N) is 2. The number of hydrogen-bond acceptors (Lipinski definition) is 5. The van der Waals surface area contributed by atoms with Gasteiger partial charge in [0, 0.05) is 12.1 Å². The monoisotopic (exact) mass is 264 g/mol. The van der Waals surface area contributed by atoms with Crippen LogP contribution in [0.5, 0.6) is 5.75 Å². The summed E-state index contributed by atoms with van der Waals surface area (Å²) in [5.41, 5.74) is -0.0911. The zero-order valence-corrected chi connectivity index (χ0v) is 9.61. The molecule has 1 amide bonds. The molecule has 7 nitrogen and oxygen atoms in total. The molecule has 92 valence electrons. The molecule has 0 bridgehead atoms. The highest BCUT2D eigenvalue weighted by molar-refractivity contribution is 7.80. The summed E-state index contributed by atoms with van der Waals surface area (Å²) in [5.74, 6) is -0.897. The highest BCUT2D eigenvalue weighted by atomic mass is 32.1. The number of benzene rings is 1. The van der Waals surface area contributed by atoms with Gasteiger partial charge in [0.25, 0.3) is 11.6 Å². The smallest absolute Gasteiger partial charge is 0.273 e. The van der Waals surface area contributed by atoms with Crippen molar-refractivity contribution in [1.29, 1.82) is 0 Å². The van der Waals surface area contributed by atoms with Crippen molar-refractivity contribution in [3.8, 4) is 5.75 Å². The van der Waals surface area contributed by atoms with Crippen LogP contribution in [0.4, 0.5) is 5.69 Å². The number of nitrogens with zero attached hydrogens (tertiary/aromatic N) is 1. The minimum atomic E-state index is -0.617. The molecular weight excluding hydrogens is 258 g/mol. The molecular formula is C10H6N3O4S-. The lowest BCUT2D eigenvalue weighted by Crippen LogP contribution is -2.21. The van der Waals surface area contributed by atoms with Crippen LogP contribution in [0.15, 0.2) is 23.9 Å². The first-order valence-corrected chi connectivity index (χ1v) is 5.17. The Morgan fingerprint density at radius 1 is 1.33 bits per heavy atom. The summed E-state index contributed by atoms with van der Waals surface area (Å²) >= 11 is 4.72. The number of non-ortho nitro benzene ring substituents is 1. The first-order valence-electron chi connectivity index (χ1n) is 4.77. The fourth-order valence-electron chi connectivity index (χ4n) is 1.40. The lowest BCUT2D eigenvalue weighted by Gasteiger charge is -2.09. The predicted molar refractivity (Wildman–Crippen MR) is 64.4 cm³/mol. The molecule has 0 saturated carbocycles. The molecule has 1 aliphatic rings. The molecule has 1 aliphatic heterocycles. The second-order valence-electron chi connectivity index (χ2n) is 3.45. The normalized spacial score (nSPS) is 16.6. The number of thiocarbonyl (C=S) groups is 1. The fraction of sp³-hybridized carbons (Fsp3) is 0. The number of amides is 1. The number of carbonyl (C=O) groups excluding carboxylic acids is 1. The molecule has 18 heavy (non-hydrogen) atoms. The molecule has 0 radical (unpaired) electrons. The Labute approximate surface area is 106 Å². The van der Waals surface area contributed by atoms with Gasteiger partial charge in [0.2, 0.25) is 0 Å². The molecule has 8 heteroatoms. The largest absolute Gasteiger partial charge is 0.872 e. The van der Waals surface area contributed by atoms with Crippen LogP contribution in [-0.4, -0.2) is 15.9 Å². The van der Waals surface area contributed by atoms with Gasteiger partial charge in [0.05, 0.1) is 4.92 Å². The molecule has 2 N–H and O–H groups in total. The van der Waals surface area contributed by atoms with Crippen molar-refractivity contribution >= 4 is 35.0 Å². The quantitative estimate of drug-likeness (QED) is 0.337. The van der Waals surface area contributed by atoms with Crippen LogP contribution in [0.3, 0.4) is 0 Å². The minimum absolute atomic E-state index is 0.0477. The summed E-state index contributed by atoms with van der Waals surface area (Å²) in [6, 6.07) is 3.29. The third-order valence-electron chi connectivity index (χ3n) is 2.22. The molecule has 2 rings (SSSR count). The van der Waals surface area contributed by atoms with Crippen molar-refractivity contribution in [3.63, 3.8) is 0 Å². The standard InChI is InChI=1S/C10H7N3O4S/c14-8-2-1-6(13(16)17)3-5(8)4-7-9(15)12-10(18)11-7/h1-4,14H,(H2,11,12,15,18)/p-1/b7-4+. The molecule has 1 saturated heterocycles. The van der Waals surface area contributed by atoms with E-state index in [1.807, 2.05) is 0 Å².